The minimum absolute atomic E-state index is 0.000978. The van der Waals surface area contributed by atoms with Gasteiger partial charge < -0.3 is 10.6 Å². The minimum Gasteiger partial charge on any atom is -0.352 e. The highest BCUT2D eigenvalue weighted by Gasteiger charge is 2.45. The van der Waals surface area contributed by atoms with Gasteiger partial charge in [0.15, 0.2) is 0 Å². The Labute approximate surface area is 384 Å². The Morgan fingerprint density at radius 2 is 0.935 bits per heavy atom. The average Bonchev–Trinajstić information content (AvgIpc) is 3.70. The topological polar surface area (TPSA) is 70.7 Å². The van der Waals surface area contributed by atoms with Crippen molar-refractivity contribution in [2.75, 3.05) is 66.5 Å². The molecule has 0 aromatic rings. The molecule has 2 aliphatic heterocycles. The van der Waals surface area contributed by atoms with E-state index in [-0.39, 0.29) is 38.9 Å². The molecule has 0 fully saturated rings. The van der Waals surface area contributed by atoms with E-state index in [9.17, 15) is 9.59 Å². The van der Waals surface area contributed by atoms with Crippen LogP contribution in [0.4, 0.5) is 0 Å². The Kier molecular flexibility index (Phi) is 22.5. The SMILES string of the molecule is C[N+]1=C(C(C)(C)CC(C)(C)/C=C/C(C)(C)CC(C)(C)C2=[N+](C)CCN2CCNC(=O)CCCCCCCC(C)(C)C)N(CCNC(=O)CCCCCCC/C=C/C(C)(C)C)CC1. The molecule has 2 amide bonds. The summed E-state index contributed by atoms with van der Waals surface area (Å²) < 4.78 is 4.88. The number of carbonyl (C=O) groups is 2. The number of rotatable bonds is 29. The summed E-state index contributed by atoms with van der Waals surface area (Å²) in [6.45, 7) is 40.0. The smallest absolute Gasteiger partial charge is 0.252 e. The predicted octanol–water partition coefficient (Wildman–Crippen LogP) is 11.5. The molecule has 0 aliphatic carbocycles. The van der Waals surface area contributed by atoms with E-state index in [4.69, 9.17) is 0 Å². The fraction of sp³-hybridized carbons (Fsp3) is 0.852. The molecule has 0 saturated carbocycles. The predicted molar refractivity (Wildman–Crippen MR) is 267 cm³/mol. The van der Waals surface area contributed by atoms with Crippen molar-refractivity contribution >= 4 is 23.5 Å². The number of hydrogen-bond donors (Lipinski definition) is 2. The number of hydrogen-bond acceptors (Lipinski definition) is 4. The molecule has 2 N–H and O–H groups in total. The molecule has 0 bridgehead atoms. The highest BCUT2D eigenvalue weighted by molar-refractivity contribution is 5.85. The highest BCUT2D eigenvalue weighted by Crippen LogP contribution is 2.41. The molecule has 0 spiro atoms. The molecule has 8 nitrogen and oxygen atoms in total. The molecule has 0 radical (unpaired) electrons. The van der Waals surface area contributed by atoms with Crippen molar-refractivity contribution in [2.24, 2.45) is 32.5 Å². The molecule has 8 heteroatoms. The van der Waals surface area contributed by atoms with Gasteiger partial charge in [0.05, 0.1) is 38.0 Å². The van der Waals surface area contributed by atoms with Gasteiger partial charge in [-0.2, -0.15) is 0 Å². The monoisotopic (exact) mass is 867 g/mol. The normalized spacial score (nSPS) is 16.3. The van der Waals surface area contributed by atoms with Crippen LogP contribution in [0.15, 0.2) is 24.3 Å². The molecule has 62 heavy (non-hydrogen) atoms. The van der Waals surface area contributed by atoms with E-state index in [1.807, 2.05) is 0 Å². The largest absolute Gasteiger partial charge is 0.352 e. The molecule has 0 aromatic carbocycles. The average molecular weight is 867 g/mol. The van der Waals surface area contributed by atoms with Crippen molar-refractivity contribution in [3.8, 4) is 0 Å². The van der Waals surface area contributed by atoms with Gasteiger partial charge in [0.25, 0.3) is 11.7 Å². The van der Waals surface area contributed by atoms with Crippen LogP contribution in [0.3, 0.4) is 0 Å². The van der Waals surface area contributed by atoms with Crippen molar-refractivity contribution in [3.05, 3.63) is 24.3 Å². The van der Waals surface area contributed by atoms with E-state index >= 15 is 0 Å². The Morgan fingerprint density at radius 1 is 0.548 bits per heavy atom. The Morgan fingerprint density at radius 3 is 1.34 bits per heavy atom. The lowest BCUT2D eigenvalue weighted by molar-refractivity contribution is -0.490. The van der Waals surface area contributed by atoms with E-state index in [2.05, 4.69) is 165 Å². The van der Waals surface area contributed by atoms with E-state index in [1.165, 1.54) is 56.6 Å². The van der Waals surface area contributed by atoms with Gasteiger partial charge in [0.2, 0.25) is 11.8 Å². The van der Waals surface area contributed by atoms with Crippen LogP contribution in [-0.2, 0) is 9.59 Å². The Bertz CT molecular complexity index is 1500. The van der Waals surface area contributed by atoms with Crippen molar-refractivity contribution < 1.29 is 18.7 Å². The van der Waals surface area contributed by atoms with Gasteiger partial charge >= 0.3 is 0 Å². The van der Waals surface area contributed by atoms with Crippen LogP contribution in [0, 0.1) is 32.5 Å². The van der Waals surface area contributed by atoms with Gasteiger partial charge in [-0.3, -0.25) is 28.5 Å². The zero-order chi connectivity index (χ0) is 46.8. The maximum absolute atomic E-state index is 12.7. The maximum Gasteiger partial charge on any atom is 0.252 e. The molecule has 0 aromatic heterocycles. The second-order valence-electron chi connectivity index (χ2n) is 24.5. The van der Waals surface area contributed by atoms with Crippen LogP contribution in [0.1, 0.15) is 200 Å². The van der Waals surface area contributed by atoms with Gasteiger partial charge in [-0.05, 0) is 94.3 Å². The summed E-state index contributed by atoms with van der Waals surface area (Å²) in [5.74, 6) is 3.18. The van der Waals surface area contributed by atoms with Crippen molar-refractivity contribution in [2.45, 2.75) is 200 Å². The number of carbonyl (C=O) groups excluding carboxylic acids is 2. The molecule has 2 heterocycles. The lowest BCUT2D eigenvalue weighted by Crippen LogP contribution is -2.45. The lowest BCUT2D eigenvalue weighted by atomic mass is 9.70. The molecular weight excluding hydrogens is 765 g/mol. The summed E-state index contributed by atoms with van der Waals surface area (Å²) in [4.78, 5) is 30.4. The second-order valence-corrected chi connectivity index (χ2v) is 24.5. The standard InChI is InChI=1S/C54H100N6O2/c1-49(2,3)31-27-23-19-17-18-21-25-29-45(61)55-35-37-59-41-39-57(15)47(59)53(11,12)43-51(7,8)33-34-52(9,10)44-54(13,14)48-58(16)40-42-60(48)38-36-56-46(62)30-26-22-20-24-28-32-50(4,5)6/h27,31,33-34H,17-26,28-30,32,35-44H2,1-16H3/p+2/b31-27+,34-33+. The zero-order valence-corrected chi connectivity index (χ0v) is 43.9. The fourth-order valence-corrected chi connectivity index (χ4v) is 10.6. The van der Waals surface area contributed by atoms with Crippen molar-refractivity contribution in [1.82, 2.24) is 20.4 Å². The van der Waals surface area contributed by atoms with Crippen molar-refractivity contribution in [1.29, 1.82) is 0 Å². The Balaban J connectivity index is 1.84. The number of nitrogens with one attached hydrogen (secondary N) is 2. The quantitative estimate of drug-likeness (QED) is 0.0446. The number of unbranched alkanes of at least 4 members (excludes halogenated alkanes) is 9. The lowest BCUT2D eigenvalue weighted by Gasteiger charge is -2.36. The third kappa shape index (κ3) is 22.3. The van der Waals surface area contributed by atoms with Crippen LogP contribution in [-0.4, -0.2) is 109 Å². The third-order valence-electron chi connectivity index (χ3n) is 12.9. The first-order valence-corrected chi connectivity index (χ1v) is 25.2. The highest BCUT2D eigenvalue weighted by atomic mass is 16.2. The van der Waals surface area contributed by atoms with E-state index in [0.29, 0.717) is 31.3 Å². The number of allylic oxidation sites excluding steroid dienone is 4. The summed E-state index contributed by atoms with van der Waals surface area (Å²) in [5, 5.41) is 6.46. The number of likely N-dealkylation sites (N-methyl/N-ethyl adjacent to an activating group) is 2. The molecule has 0 saturated heterocycles. The van der Waals surface area contributed by atoms with Crippen LogP contribution in [0.5, 0.6) is 0 Å². The van der Waals surface area contributed by atoms with E-state index < -0.39 is 0 Å². The number of amidine groups is 2. The van der Waals surface area contributed by atoms with E-state index in [1.54, 1.807) is 0 Å². The second kappa shape index (κ2) is 25.2. The molecule has 2 aliphatic rings. The molecule has 0 atom stereocenters. The third-order valence-corrected chi connectivity index (χ3v) is 12.9. The number of nitrogens with zero attached hydrogens (tertiary/aromatic N) is 4. The molecule has 2 rings (SSSR count). The first-order valence-electron chi connectivity index (χ1n) is 25.2. The molecular formula is C54H102N6O2+2. The van der Waals surface area contributed by atoms with Gasteiger partial charge in [0, 0.05) is 12.8 Å². The van der Waals surface area contributed by atoms with Crippen LogP contribution in [0.2, 0.25) is 0 Å². The van der Waals surface area contributed by atoms with E-state index in [0.717, 1.165) is 84.2 Å². The fourth-order valence-electron chi connectivity index (χ4n) is 10.6. The van der Waals surface area contributed by atoms with Crippen molar-refractivity contribution in [3.63, 3.8) is 0 Å². The summed E-state index contributed by atoms with van der Waals surface area (Å²) >= 11 is 0. The zero-order valence-electron chi connectivity index (χ0n) is 43.9. The maximum atomic E-state index is 12.7. The summed E-state index contributed by atoms with van der Waals surface area (Å²) in [5.41, 5.74) is 0.630. The Hall–Kier alpha value is -2.64. The van der Waals surface area contributed by atoms with Gasteiger partial charge in [0.1, 0.15) is 39.3 Å². The van der Waals surface area contributed by atoms with Gasteiger partial charge in [-0.25, -0.2) is 0 Å². The molecule has 358 valence electrons. The van der Waals surface area contributed by atoms with Gasteiger partial charge in [-0.15, -0.1) is 0 Å². The van der Waals surface area contributed by atoms with Crippen LogP contribution in [0.25, 0.3) is 0 Å². The van der Waals surface area contributed by atoms with Crippen LogP contribution >= 0.6 is 0 Å². The first kappa shape index (κ1) is 55.5. The van der Waals surface area contributed by atoms with Gasteiger partial charge in [-0.1, -0.05) is 138 Å². The molecule has 0 unspecified atom stereocenters. The summed E-state index contributed by atoms with van der Waals surface area (Å²) in [6, 6.07) is 0. The summed E-state index contributed by atoms with van der Waals surface area (Å²) in [7, 11) is 4.47. The first-order chi connectivity index (χ1) is 28.6. The minimum atomic E-state index is -0.0285. The van der Waals surface area contributed by atoms with Crippen LogP contribution < -0.4 is 10.6 Å². The number of amides is 2. The summed E-state index contributed by atoms with van der Waals surface area (Å²) in [6.07, 6.45) is 27.1.